The molecule has 0 aliphatic rings. The minimum absolute atomic E-state index is 0.350. The topological polar surface area (TPSA) is 55.4 Å². The van der Waals surface area contributed by atoms with Gasteiger partial charge in [0.15, 0.2) is 5.58 Å². The van der Waals surface area contributed by atoms with Gasteiger partial charge in [0.2, 0.25) is 0 Å². The number of benzene rings is 1. The van der Waals surface area contributed by atoms with Gasteiger partial charge in [0.25, 0.3) is 0 Å². The molecule has 0 spiro atoms. The van der Waals surface area contributed by atoms with Crippen molar-refractivity contribution in [2.75, 3.05) is 0 Å². The number of nitrogens with zero attached hydrogens (tertiary/aromatic N) is 1. The van der Waals surface area contributed by atoms with Crippen LogP contribution in [0.3, 0.4) is 0 Å². The third kappa shape index (κ3) is 2.71. The number of halogens is 1. The molecule has 0 fully saturated rings. The zero-order valence-electron chi connectivity index (χ0n) is 11.4. The summed E-state index contributed by atoms with van der Waals surface area (Å²) >= 11 is 4.91. The maximum absolute atomic E-state index is 11.8. The Morgan fingerprint density at radius 1 is 1.38 bits per heavy atom. The zero-order valence-corrected chi connectivity index (χ0v) is 13.8. The number of aryl methyl sites for hydroxylation is 1. The van der Waals surface area contributed by atoms with E-state index < -0.39 is 6.10 Å². The smallest absolute Gasteiger partial charge is 0.408 e. The van der Waals surface area contributed by atoms with Gasteiger partial charge in [-0.3, -0.25) is 4.57 Å². The van der Waals surface area contributed by atoms with E-state index in [0.717, 1.165) is 21.3 Å². The van der Waals surface area contributed by atoms with Crippen molar-refractivity contribution in [1.82, 2.24) is 4.57 Å². The summed E-state index contributed by atoms with van der Waals surface area (Å²) in [5.41, 5.74) is 2.82. The molecule has 0 saturated heterocycles. The number of aliphatic hydroxyl groups is 1. The van der Waals surface area contributed by atoms with Crippen molar-refractivity contribution in [2.24, 2.45) is 0 Å². The van der Waals surface area contributed by atoms with E-state index in [9.17, 15) is 9.90 Å². The lowest BCUT2D eigenvalue weighted by molar-refractivity contribution is 0.221. The fourth-order valence-electron chi connectivity index (χ4n) is 2.35. The minimum Gasteiger partial charge on any atom is -0.408 e. The molecule has 1 N–H and O–H groups in total. The average molecular weight is 368 g/mol. The van der Waals surface area contributed by atoms with Crippen LogP contribution >= 0.6 is 27.3 Å². The minimum atomic E-state index is -0.725. The van der Waals surface area contributed by atoms with Crippen molar-refractivity contribution >= 4 is 38.4 Å². The summed E-state index contributed by atoms with van der Waals surface area (Å²) < 4.78 is 7.86. The van der Waals surface area contributed by atoms with Gasteiger partial charge in [-0.25, -0.2) is 4.79 Å². The van der Waals surface area contributed by atoms with Gasteiger partial charge in [0, 0.05) is 6.54 Å². The van der Waals surface area contributed by atoms with E-state index in [4.69, 9.17) is 4.42 Å². The quantitative estimate of drug-likeness (QED) is 0.760. The fraction of sp³-hybridized carbons (Fsp3) is 0.267. The Bertz CT molecular complexity index is 833. The molecule has 110 valence electrons. The van der Waals surface area contributed by atoms with Crippen LogP contribution in [0.25, 0.3) is 11.1 Å². The molecule has 3 rings (SSSR count). The van der Waals surface area contributed by atoms with E-state index in [0.29, 0.717) is 17.7 Å². The average Bonchev–Trinajstić information content (AvgIpc) is 3.02. The van der Waals surface area contributed by atoms with Gasteiger partial charge >= 0.3 is 5.76 Å². The maximum Gasteiger partial charge on any atom is 0.419 e. The molecule has 0 bridgehead atoms. The summed E-state index contributed by atoms with van der Waals surface area (Å²) in [5.74, 6) is -0.350. The van der Waals surface area contributed by atoms with Crippen molar-refractivity contribution in [3.05, 3.63) is 55.1 Å². The van der Waals surface area contributed by atoms with Gasteiger partial charge < -0.3 is 9.52 Å². The second kappa shape index (κ2) is 5.79. The van der Waals surface area contributed by atoms with Gasteiger partial charge in [-0.05, 0) is 57.1 Å². The number of fused-ring (bicyclic) bond motifs is 1. The molecule has 6 heteroatoms. The lowest BCUT2D eigenvalue weighted by Crippen LogP contribution is -2.13. The van der Waals surface area contributed by atoms with Crippen LogP contribution in [0.4, 0.5) is 0 Å². The van der Waals surface area contributed by atoms with Crippen molar-refractivity contribution in [3.8, 4) is 0 Å². The third-order valence-corrected chi connectivity index (χ3v) is 4.88. The van der Waals surface area contributed by atoms with Gasteiger partial charge in [0.05, 0.1) is 9.30 Å². The highest BCUT2D eigenvalue weighted by Crippen LogP contribution is 2.30. The van der Waals surface area contributed by atoms with Crippen LogP contribution < -0.4 is 5.76 Å². The first kappa shape index (κ1) is 14.6. The van der Waals surface area contributed by atoms with Crippen molar-refractivity contribution < 1.29 is 9.52 Å². The number of rotatable bonds is 4. The molecule has 0 saturated carbocycles. The number of aliphatic hydroxyl groups excluding tert-OH is 1. The van der Waals surface area contributed by atoms with Crippen LogP contribution in [-0.4, -0.2) is 9.67 Å². The Morgan fingerprint density at radius 2 is 2.19 bits per heavy atom. The van der Waals surface area contributed by atoms with Gasteiger partial charge in [0.1, 0.15) is 6.10 Å². The Kier molecular flexibility index (Phi) is 4.01. The molecule has 0 radical (unpaired) electrons. The van der Waals surface area contributed by atoms with E-state index in [1.165, 1.54) is 11.3 Å². The zero-order chi connectivity index (χ0) is 15.0. The predicted octanol–water partition coefficient (Wildman–Crippen LogP) is 3.91. The van der Waals surface area contributed by atoms with E-state index in [1.54, 1.807) is 10.6 Å². The highest BCUT2D eigenvalue weighted by molar-refractivity contribution is 9.11. The van der Waals surface area contributed by atoms with E-state index >= 15 is 0 Å². The number of hydrogen-bond donors (Lipinski definition) is 1. The molecule has 0 aliphatic carbocycles. The number of thiophene rings is 1. The van der Waals surface area contributed by atoms with Crippen LogP contribution in [0.5, 0.6) is 0 Å². The van der Waals surface area contributed by atoms with Crippen LogP contribution in [0.15, 0.2) is 42.6 Å². The summed E-state index contributed by atoms with van der Waals surface area (Å²) in [5, 5.41) is 12.3. The first-order valence-electron chi connectivity index (χ1n) is 6.65. The second-order valence-corrected chi connectivity index (χ2v) is 7.12. The largest absolute Gasteiger partial charge is 0.419 e. The standard InChI is InChI=1S/C15H14BrNO3S/c1-2-5-17-11-4-3-9(6-12(11)20-15(17)19)14(18)10-7-13(16)21-8-10/h3-4,6-8,14,18H,2,5H2,1H3. The number of aromatic nitrogens is 1. The molecular weight excluding hydrogens is 354 g/mol. The normalized spacial score (nSPS) is 12.9. The molecule has 3 aromatic rings. The maximum atomic E-state index is 11.8. The Morgan fingerprint density at radius 3 is 2.86 bits per heavy atom. The number of oxazole rings is 1. The molecule has 1 atom stereocenters. The Balaban J connectivity index is 2.03. The Labute approximate surface area is 133 Å². The van der Waals surface area contributed by atoms with Crippen molar-refractivity contribution in [2.45, 2.75) is 26.0 Å². The highest BCUT2D eigenvalue weighted by atomic mass is 79.9. The molecule has 1 aromatic carbocycles. The van der Waals surface area contributed by atoms with Gasteiger partial charge in [-0.1, -0.05) is 13.0 Å². The molecule has 1 unspecified atom stereocenters. The lowest BCUT2D eigenvalue weighted by Gasteiger charge is -2.09. The highest BCUT2D eigenvalue weighted by Gasteiger charge is 2.15. The van der Waals surface area contributed by atoms with Crippen LogP contribution in [0, 0.1) is 0 Å². The molecule has 0 aliphatic heterocycles. The van der Waals surface area contributed by atoms with E-state index in [-0.39, 0.29) is 5.76 Å². The molecule has 2 aromatic heterocycles. The molecule has 0 amide bonds. The fourth-order valence-corrected chi connectivity index (χ4v) is 3.54. The van der Waals surface area contributed by atoms with Crippen LogP contribution in [-0.2, 0) is 6.54 Å². The van der Waals surface area contributed by atoms with Gasteiger partial charge in [-0.15, -0.1) is 11.3 Å². The van der Waals surface area contributed by atoms with Crippen molar-refractivity contribution in [3.63, 3.8) is 0 Å². The SMILES string of the molecule is CCCn1c(=O)oc2cc(C(O)c3csc(Br)c3)ccc21. The molecule has 4 nitrogen and oxygen atoms in total. The lowest BCUT2D eigenvalue weighted by atomic mass is 10.0. The van der Waals surface area contributed by atoms with E-state index in [2.05, 4.69) is 15.9 Å². The molecule has 2 heterocycles. The van der Waals surface area contributed by atoms with Crippen LogP contribution in [0.1, 0.15) is 30.6 Å². The summed E-state index contributed by atoms with van der Waals surface area (Å²) in [6, 6.07) is 7.28. The second-order valence-electron chi connectivity index (χ2n) is 4.83. The predicted molar refractivity (Wildman–Crippen MR) is 86.8 cm³/mol. The monoisotopic (exact) mass is 367 g/mol. The van der Waals surface area contributed by atoms with E-state index in [1.807, 2.05) is 30.5 Å². The molecular formula is C15H14BrNO3S. The summed E-state index contributed by atoms with van der Waals surface area (Å²) in [6.45, 7) is 2.64. The Hall–Kier alpha value is -1.37. The number of hydrogen-bond acceptors (Lipinski definition) is 4. The van der Waals surface area contributed by atoms with Gasteiger partial charge in [-0.2, -0.15) is 0 Å². The first-order valence-corrected chi connectivity index (χ1v) is 8.32. The summed E-state index contributed by atoms with van der Waals surface area (Å²) in [7, 11) is 0. The summed E-state index contributed by atoms with van der Waals surface area (Å²) in [4.78, 5) is 11.8. The van der Waals surface area contributed by atoms with Crippen molar-refractivity contribution in [1.29, 1.82) is 0 Å². The third-order valence-electron chi connectivity index (χ3n) is 3.36. The van der Waals surface area contributed by atoms with Crippen LogP contribution in [0.2, 0.25) is 0 Å². The first-order chi connectivity index (χ1) is 10.1. The molecule has 21 heavy (non-hydrogen) atoms. The summed E-state index contributed by atoms with van der Waals surface area (Å²) in [6.07, 6.45) is 0.138.